The molecule has 1 saturated heterocycles. The van der Waals surface area contributed by atoms with Crippen LogP contribution < -0.4 is 5.32 Å². The summed E-state index contributed by atoms with van der Waals surface area (Å²) >= 11 is 19.7. The van der Waals surface area contributed by atoms with Gasteiger partial charge in [0.05, 0.1) is 15.8 Å². The van der Waals surface area contributed by atoms with E-state index in [1.807, 2.05) is 12.1 Å². The number of piperidine rings is 1. The lowest BCUT2D eigenvalue weighted by Crippen LogP contribution is -2.43. The minimum absolute atomic E-state index is 0.0108. The average Bonchev–Trinajstić information content (AvgIpc) is 2.77. The molecule has 1 aliphatic rings. The number of amides is 1. The van der Waals surface area contributed by atoms with Crippen molar-refractivity contribution >= 4 is 62.5 Å². The van der Waals surface area contributed by atoms with E-state index in [1.54, 1.807) is 42.1 Å². The van der Waals surface area contributed by atoms with E-state index in [4.69, 9.17) is 34.8 Å². The van der Waals surface area contributed by atoms with Crippen LogP contribution in [0.2, 0.25) is 15.1 Å². The normalized spacial score (nSPS) is 15.6. The fourth-order valence-electron chi connectivity index (χ4n) is 3.51. The maximum absolute atomic E-state index is 12.7. The molecule has 1 aliphatic heterocycles. The second kappa shape index (κ2) is 12.0. The molecule has 1 amide bonds. The number of hydrogen-bond donors (Lipinski definition) is 1. The lowest BCUT2D eigenvalue weighted by atomic mass is 9.97. The Balaban J connectivity index is 1.37. The molecule has 1 fully saturated rings. The summed E-state index contributed by atoms with van der Waals surface area (Å²) in [6.07, 6.45) is 1.04. The number of sulfonamides is 1. The Hall–Kier alpha value is -0.960. The Morgan fingerprint density at radius 1 is 1.03 bits per heavy atom. The molecule has 1 heterocycles. The molecular weight excluding hydrogens is 511 g/mol. The first-order valence-electron chi connectivity index (χ1n) is 10.3. The number of hydrogen-bond acceptors (Lipinski definition) is 4. The van der Waals surface area contributed by atoms with Gasteiger partial charge in [0.25, 0.3) is 0 Å². The van der Waals surface area contributed by atoms with Crippen LogP contribution in [0.5, 0.6) is 0 Å². The first kappa shape index (κ1) is 25.7. The van der Waals surface area contributed by atoms with Gasteiger partial charge in [0.2, 0.25) is 15.9 Å². The van der Waals surface area contributed by atoms with Crippen LogP contribution in [0.1, 0.15) is 24.0 Å². The molecule has 3 rings (SSSR count). The number of rotatable bonds is 9. The summed E-state index contributed by atoms with van der Waals surface area (Å²) in [6.45, 7) is 1.25. The van der Waals surface area contributed by atoms with E-state index in [1.165, 1.54) is 4.31 Å². The molecule has 0 bridgehead atoms. The van der Waals surface area contributed by atoms with E-state index in [0.717, 1.165) is 17.1 Å². The number of benzene rings is 2. The Bertz CT molecular complexity index is 1040. The van der Waals surface area contributed by atoms with Gasteiger partial charge >= 0.3 is 0 Å². The topological polar surface area (TPSA) is 66.5 Å². The summed E-state index contributed by atoms with van der Waals surface area (Å²) in [5.74, 6) is 1.26. The number of thioether (sulfide) groups is 1. The monoisotopic (exact) mass is 534 g/mol. The Morgan fingerprint density at radius 3 is 2.44 bits per heavy atom. The van der Waals surface area contributed by atoms with Gasteiger partial charge in [-0.05, 0) is 42.2 Å². The van der Waals surface area contributed by atoms with E-state index >= 15 is 0 Å². The van der Waals surface area contributed by atoms with Crippen LogP contribution >= 0.6 is 46.6 Å². The minimum atomic E-state index is -3.47. The van der Waals surface area contributed by atoms with Crippen molar-refractivity contribution in [2.45, 2.75) is 24.3 Å². The van der Waals surface area contributed by atoms with Gasteiger partial charge < -0.3 is 5.32 Å². The first-order chi connectivity index (χ1) is 15.3. The number of carbonyl (C=O) groups excluding carboxylic acids is 1. The van der Waals surface area contributed by atoms with Crippen molar-refractivity contribution in [2.75, 3.05) is 25.4 Å². The summed E-state index contributed by atoms with van der Waals surface area (Å²) in [6, 6.07) is 12.5. The first-order valence-corrected chi connectivity index (χ1v) is 14.2. The van der Waals surface area contributed by atoms with Crippen LogP contribution in [0.25, 0.3) is 0 Å². The van der Waals surface area contributed by atoms with Gasteiger partial charge in [-0.1, -0.05) is 59.1 Å². The van der Waals surface area contributed by atoms with Crippen LogP contribution in [0, 0.1) is 5.92 Å². The van der Waals surface area contributed by atoms with Gasteiger partial charge in [-0.3, -0.25) is 4.79 Å². The molecular formula is C22H25Cl3N2O3S2. The third kappa shape index (κ3) is 7.27. The van der Waals surface area contributed by atoms with Crippen molar-refractivity contribution in [1.82, 2.24) is 9.62 Å². The smallest absolute Gasteiger partial charge is 0.223 e. The van der Waals surface area contributed by atoms with E-state index < -0.39 is 10.0 Å². The number of nitrogens with zero attached hydrogens (tertiary/aromatic N) is 1. The minimum Gasteiger partial charge on any atom is -0.355 e. The van der Waals surface area contributed by atoms with E-state index in [-0.39, 0.29) is 17.6 Å². The van der Waals surface area contributed by atoms with Crippen LogP contribution in [-0.2, 0) is 26.3 Å². The molecule has 0 aliphatic carbocycles. The molecule has 174 valence electrons. The van der Waals surface area contributed by atoms with Crippen molar-refractivity contribution < 1.29 is 13.2 Å². The summed E-state index contributed by atoms with van der Waals surface area (Å²) in [7, 11) is -3.47. The summed E-state index contributed by atoms with van der Waals surface area (Å²) < 4.78 is 26.9. The molecule has 2 aromatic rings. The molecule has 32 heavy (non-hydrogen) atoms. The maximum Gasteiger partial charge on any atom is 0.223 e. The van der Waals surface area contributed by atoms with Gasteiger partial charge in [-0.15, -0.1) is 0 Å². The van der Waals surface area contributed by atoms with Gasteiger partial charge in [-0.2, -0.15) is 11.8 Å². The predicted octanol–water partition coefficient (Wildman–Crippen LogP) is 5.24. The van der Waals surface area contributed by atoms with Crippen LogP contribution in [-0.4, -0.2) is 44.0 Å². The van der Waals surface area contributed by atoms with Crippen LogP contribution in [0.4, 0.5) is 0 Å². The van der Waals surface area contributed by atoms with Crippen LogP contribution in [0.3, 0.4) is 0 Å². The molecule has 5 nitrogen and oxygen atoms in total. The molecule has 2 aromatic carbocycles. The lowest BCUT2D eigenvalue weighted by molar-refractivity contribution is -0.125. The second-order valence-electron chi connectivity index (χ2n) is 7.61. The number of carbonyl (C=O) groups is 1. The molecule has 0 saturated carbocycles. The maximum atomic E-state index is 12.7. The summed E-state index contributed by atoms with van der Waals surface area (Å²) in [5, 5.41) is 4.49. The third-order valence-electron chi connectivity index (χ3n) is 5.31. The quantitative estimate of drug-likeness (QED) is 0.446. The van der Waals surface area contributed by atoms with E-state index in [9.17, 15) is 13.2 Å². The van der Waals surface area contributed by atoms with Gasteiger partial charge in [0.1, 0.15) is 0 Å². The van der Waals surface area contributed by atoms with Crippen LogP contribution in [0.15, 0.2) is 42.5 Å². The van der Waals surface area contributed by atoms with Gasteiger partial charge in [0.15, 0.2) is 0 Å². The highest BCUT2D eigenvalue weighted by Crippen LogP contribution is 2.26. The largest absolute Gasteiger partial charge is 0.355 e. The van der Waals surface area contributed by atoms with Gasteiger partial charge in [-0.25, -0.2) is 12.7 Å². The zero-order valence-electron chi connectivity index (χ0n) is 17.4. The zero-order chi connectivity index (χ0) is 23.1. The van der Waals surface area contributed by atoms with E-state index in [0.29, 0.717) is 53.1 Å². The van der Waals surface area contributed by atoms with Crippen molar-refractivity contribution in [1.29, 1.82) is 0 Å². The predicted molar refractivity (Wildman–Crippen MR) is 134 cm³/mol. The van der Waals surface area contributed by atoms with Gasteiger partial charge in [0, 0.05) is 42.1 Å². The molecule has 0 aromatic heterocycles. The fraction of sp³-hybridized carbons (Fsp3) is 0.409. The molecule has 0 atom stereocenters. The highest BCUT2D eigenvalue weighted by Gasteiger charge is 2.31. The zero-order valence-corrected chi connectivity index (χ0v) is 21.3. The summed E-state index contributed by atoms with van der Waals surface area (Å²) in [5.41, 5.74) is 1.67. The number of halogens is 3. The molecule has 0 unspecified atom stereocenters. The third-order valence-corrected chi connectivity index (χ3v) is 9.28. The second-order valence-corrected chi connectivity index (χ2v) is 11.9. The summed E-state index contributed by atoms with van der Waals surface area (Å²) in [4.78, 5) is 12.5. The SMILES string of the molecule is O=C(NCCSCc1ccc(Cl)c(Cl)c1)C1CCN(S(=O)(=O)Cc2ccccc2Cl)CC1. The van der Waals surface area contributed by atoms with Crippen molar-refractivity contribution in [3.63, 3.8) is 0 Å². The average molecular weight is 536 g/mol. The molecule has 0 radical (unpaired) electrons. The Kier molecular flexibility index (Phi) is 9.58. The molecule has 1 N–H and O–H groups in total. The van der Waals surface area contributed by atoms with Crippen molar-refractivity contribution in [3.05, 3.63) is 68.7 Å². The fourth-order valence-corrected chi connectivity index (χ4v) is 6.51. The van der Waals surface area contributed by atoms with Crippen molar-refractivity contribution in [3.8, 4) is 0 Å². The standard InChI is InChI=1S/C22H25Cl3N2O3S2/c23-19-4-2-1-3-18(19)15-32(29,30)27-10-7-17(8-11-27)22(28)26-9-12-31-14-16-5-6-20(24)21(25)13-16/h1-6,13,17H,7-12,14-15H2,(H,26,28). The highest BCUT2D eigenvalue weighted by molar-refractivity contribution is 7.98. The van der Waals surface area contributed by atoms with E-state index in [2.05, 4.69) is 5.32 Å². The van der Waals surface area contributed by atoms with Crippen molar-refractivity contribution in [2.24, 2.45) is 5.92 Å². The Morgan fingerprint density at radius 2 is 1.75 bits per heavy atom. The molecule has 10 heteroatoms. The Labute approximate surface area is 208 Å². The highest BCUT2D eigenvalue weighted by atomic mass is 35.5. The lowest BCUT2D eigenvalue weighted by Gasteiger charge is -2.30. The number of nitrogens with one attached hydrogen (secondary N) is 1. The molecule has 0 spiro atoms.